The van der Waals surface area contributed by atoms with Gasteiger partial charge in [0.2, 0.25) is 6.79 Å². The summed E-state index contributed by atoms with van der Waals surface area (Å²) < 4.78 is 10.5. The minimum Gasteiger partial charge on any atom is -0.454 e. The normalized spacial score (nSPS) is 12.4. The Morgan fingerprint density at radius 3 is 2.82 bits per heavy atom. The van der Waals surface area contributed by atoms with E-state index in [0.29, 0.717) is 16.4 Å². The van der Waals surface area contributed by atoms with Crippen LogP contribution in [0.4, 0.5) is 0 Å². The summed E-state index contributed by atoms with van der Waals surface area (Å²) in [6.45, 7) is 0.206. The SMILES string of the molecule is O=C(/C=C/c1ccc2c(c1)OCO2)NNC(=O)c1cccs1. The minimum absolute atomic E-state index is 0.206. The van der Waals surface area contributed by atoms with Crippen LogP contribution in [0, 0.1) is 0 Å². The number of carbonyl (C=O) groups excluding carboxylic acids is 2. The van der Waals surface area contributed by atoms with Crippen LogP contribution in [-0.4, -0.2) is 18.6 Å². The first kappa shape index (κ1) is 14.2. The Balaban J connectivity index is 1.54. The van der Waals surface area contributed by atoms with Crippen LogP contribution in [0.15, 0.2) is 41.8 Å². The Hall–Kier alpha value is -2.80. The molecule has 0 saturated heterocycles. The van der Waals surface area contributed by atoms with Gasteiger partial charge in [0.05, 0.1) is 4.88 Å². The third-order valence-electron chi connectivity index (χ3n) is 2.87. The van der Waals surface area contributed by atoms with Crippen LogP contribution >= 0.6 is 11.3 Å². The molecular formula is C15H12N2O4S. The largest absolute Gasteiger partial charge is 0.454 e. The number of carbonyl (C=O) groups is 2. The van der Waals surface area contributed by atoms with Crippen LogP contribution in [0.25, 0.3) is 6.08 Å². The Kier molecular flexibility index (Phi) is 4.06. The van der Waals surface area contributed by atoms with E-state index in [0.717, 1.165) is 5.56 Å². The molecule has 2 heterocycles. The van der Waals surface area contributed by atoms with Gasteiger partial charge >= 0.3 is 0 Å². The molecule has 112 valence electrons. The Morgan fingerprint density at radius 2 is 2.00 bits per heavy atom. The summed E-state index contributed by atoms with van der Waals surface area (Å²) in [6.07, 6.45) is 2.95. The first-order valence-electron chi connectivity index (χ1n) is 6.44. The number of fused-ring (bicyclic) bond motifs is 1. The zero-order chi connectivity index (χ0) is 15.4. The monoisotopic (exact) mass is 316 g/mol. The van der Waals surface area contributed by atoms with E-state index < -0.39 is 5.91 Å². The lowest BCUT2D eigenvalue weighted by molar-refractivity contribution is -0.117. The van der Waals surface area contributed by atoms with E-state index in [4.69, 9.17) is 9.47 Å². The average Bonchev–Trinajstić information content (AvgIpc) is 3.20. The maximum Gasteiger partial charge on any atom is 0.279 e. The number of hydrogen-bond donors (Lipinski definition) is 2. The van der Waals surface area contributed by atoms with Crippen molar-refractivity contribution >= 4 is 29.2 Å². The molecule has 2 amide bonds. The van der Waals surface area contributed by atoms with Crippen molar-refractivity contribution in [3.8, 4) is 11.5 Å². The molecule has 0 aliphatic carbocycles. The summed E-state index contributed by atoms with van der Waals surface area (Å²) >= 11 is 1.30. The number of rotatable bonds is 3. The second kappa shape index (κ2) is 6.31. The molecule has 6 nitrogen and oxygen atoms in total. The van der Waals surface area contributed by atoms with E-state index in [-0.39, 0.29) is 12.7 Å². The fourth-order valence-electron chi connectivity index (χ4n) is 1.82. The summed E-state index contributed by atoms with van der Waals surface area (Å²) in [4.78, 5) is 23.8. The third kappa shape index (κ3) is 3.26. The van der Waals surface area contributed by atoms with E-state index in [1.807, 2.05) is 6.07 Å². The number of nitrogens with one attached hydrogen (secondary N) is 2. The van der Waals surface area contributed by atoms with Crippen molar-refractivity contribution in [3.05, 3.63) is 52.2 Å². The van der Waals surface area contributed by atoms with E-state index in [1.165, 1.54) is 17.4 Å². The lowest BCUT2D eigenvalue weighted by atomic mass is 10.2. The molecule has 22 heavy (non-hydrogen) atoms. The highest BCUT2D eigenvalue weighted by atomic mass is 32.1. The Morgan fingerprint density at radius 1 is 1.14 bits per heavy atom. The summed E-state index contributed by atoms with van der Waals surface area (Å²) in [7, 11) is 0. The Bertz CT molecular complexity index is 725. The van der Waals surface area contributed by atoms with Gasteiger partial charge in [-0.15, -0.1) is 11.3 Å². The molecule has 1 aliphatic rings. The van der Waals surface area contributed by atoms with Gasteiger partial charge in [0.15, 0.2) is 11.5 Å². The first-order valence-corrected chi connectivity index (χ1v) is 7.32. The van der Waals surface area contributed by atoms with Gasteiger partial charge in [0.1, 0.15) is 0 Å². The highest BCUT2D eigenvalue weighted by molar-refractivity contribution is 7.12. The van der Waals surface area contributed by atoms with Crippen LogP contribution in [0.2, 0.25) is 0 Å². The highest BCUT2D eigenvalue weighted by Gasteiger charge is 2.12. The molecular weight excluding hydrogens is 304 g/mol. The molecule has 3 rings (SSSR count). The minimum atomic E-state index is -0.428. The van der Waals surface area contributed by atoms with E-state index in [2.05, 4.69) is 10.9 Å². The zero-order valence-electron chi connectivity index (χ0n) is 11.4. The second-order valence-electron chi connectivity index (χ2n) is 4.37. The number of hydrazine groups is 1. The topological polar surface area (TPSA) is 76.7 Å². The van der Waals surface area contributed by atoms with Gasteiger partial charge in [-0.25, -0.2) is 0 Å². The standard InChI is InChI=1S/C15H12N2O4S/c18-14(16-17-15(19)13-2-1-7-22-13)6-4-10-3-5-11-12(8-10)21-9-20-11/h1-8H,9H2,(H,16,18)(H,17,19)/b6-4+. The van der Waals surface area contributed by atoms with Gasteiger partial charge in [0.25, 0.3) is 11.8 Å². The molecule has 2 N–H and O–H groups in total. The van der Waals surface area contributed by atoms with Crippen molar-refractivity contribution in [1.82, 2.24) is 10.9 Å². The number of hydrogen-bond acceptors (Lipinski definition) is 5. The van der Waals surface area contributed by atoms with E-state index in [1.54, 1.807) is 35.7 Å². The zero-order valence-corrected chi connectivity index (χ0v) is 12.2. The maximum absolute atomic E-state index is 11.7. The van der Waals surface area contributed by atoms with Crippen molar-refractivity contribution in [2.24, 2.45) is 0 Å². The van der Waals surface area contributed by atoms with Gasteiger partial charge < -0.3 is 9.47 Å². The molecule has 1 aromatic carbocycles. The van der Waals surface area contributed by atoms with Crippen LogP contribution in [0.1, 0.15) is 15.2 Å². The van der Waals surface area contributed by atoms with E-state index >= 15 is 0 Å². The van der Waals surface area contributed by atoms with Crippen LogP contribution in [-0.2, 0) is 4.79 Å². The van der Waals surface area contributed by atoms with Gasteiger partial charge in [-0.1, -0.05) is 12.1 Å². The number of benzene rings is 1. The molecule has 7 heteroatoms. The molecule has 1 aromatic heterocycles. The van der Waals surface area contributed by atoms with Crippen molar-refractivity contribution in [1.29, 1.82) is 0 Å². The summed E-state index contributed by atoms with van der Waals surface area (Å²) in [5.41, 5.74) is 5.45. The first-order chi connectivity index (χ1) is 10.7. The Labute approximate surface area is 130 Å². The quantitative estimate of drug-likeness (QED) is 0.670. The number of amides is 2. The lowest BCUT2D eigenvalue weighted by Gasteiger charge is -2.03. The van der Waals surface area contributed by atoms with Crippen molar-refractivity contribution in [2.45, 2.75) is 0 Å². The molecule has 0 bridgehead atoms. The van der Waals surface area contributed by atoms with Crippen LogP contribution < -0.4 is 20.3 Å². The predicted octanol–water partition coefficient (Wildman–Crippen LogP) is 1.95. The fraction of sp³-hybridized carbons (Fsp3) is 0.0667. The molecule has 0 atom stereocenters. The van der Waals surface area contributed by atoms with Gasteiger partial charge in [-0.05, 0) is 35.2 Å². The van der Waals surface area contributed by atoms with Crippen molar-refractivity contribution < 1.29 is 19.1 Å². The average molecular weight is 316 g/mol. The molecule has 0 spiro atoms. The van der Waals surface area contributed by atoms with Gasteiger partial charge in [-0.2, -0.15) is 0 Å². The van der Waals surface area contributed by atoms with E-state index in [9.17, 15) is 9.59 Å². The fourth-order valence-corrected chi connectivity index (χ4v) is 2.44. The number of thiophene rings is 1. The molecule has 0 fully saturated rings. The maximum atomic E-state index is 11.7. The number of ether oxygens (including phenoxy) is 2. The molecule has 1 aliphatic heterocycles. The summed E-state index contributed by atoms with van der Waals surface area (Å²) in [6, 6.07) is 8.80. The summed E-state index contributed by atoms with van der Waals surface area (Å²) in [5, 5.41) is 1.79. The van der Waals surface area contributed by atoms with Crippen LogP contribution in [0.3, 0.4) is 0 Å². The van der Waals surface area contributed by atoms with Crippen LogP contribution in [0.5, 0.6) is 11.5 Å². The molecule has 2 aromatic rings. The second-order valence-corrected chi connectivity index (χ2v) is 5.31. The predicted molar refractivity (Wildman–Crippen MR) is 81.5 cm³/mol. The van der Waals surface area contributed by atoms with Gasteiger partial charge in [-0.3, -0.25) is 20.4 Å². The smallest absolute Gasteiger partial charge is 0.279 e. The lowest BCUT2D eigenvalue weighted by Crippen LogP contribution is -2.40. The molecule has 0 unspecified atom stereocenters. The third-order valence-corrected chi connectivity index (χ3v) is 3.74. The molecule has 0 radical (unpaired) electrons. The highest BCUT2D eigenvalue weighted by Crippen LogP contribution is 2.32. The summed E-state index contributed by atoms with van der Waals surface area (Å²) in [5.74, 6) is 0.556. The van der Waals surface area contributed by atoms with Gasteiger partial charge in [0, 0.05) is 6.08 Å². The van der Waals surface area contributed by atoms with Crippen molar-refractivity contribution in [3.63, 3.8) is 0 Å². The van der Waals surface area contributed by atoms with Crippen molar-refractivity contribution in [2.75, 3.05) is 6.79 Å². The molecule has 0 saturated carbocycles.